The standard InChI is InChI=1S/C16H30N2O/c1-5-7-8-13(6-2)11-18-14(12(3)4)17-16(9-10-16)15(18)19/h12-14,17H,5-11H2,1-4H3. The van der Waals surface area contributed by atoms with Crippen molar-refractivity contribution in [2.45, 2.75) is 77.9 Å². The van der Waals surface area contributed by atoms with Crippen molar-refractivity contribution in [3.63, 3.8) is 0 Å². The van der Waals surface area contributed by atoms with Gasteiger partial charge in [0.05, 0.1) is 11.7 Å². The predicted molar refractivity (Wildman–Crippen MR) is 78.7 cm³/mol. The third kappa shape index (κ3) is 2.96. The van der Waals surface area contributed by atoms with Crippen LogP contribution in [0.5, 0.6) is 0 Å². The van der Waals surface area contributed by atoms with Crippen molar-refractivity contribution in [1.29, 1.82) is 0 Å². The van der Waals surface area contributed by atoms with E-state index in [-0.39, 0.29) is 11.7 Å². The number of carbonyl (C=O) groups excluding carboxylic acids is 1. The molecule has 19 heavy (non-hydrogen) atoms. The topological polar surface area (TPSA) is 32.3 Å². The van der Waals surface area contributed by atoms with Crippen LogP contribution in [0.15, 0.2) is 0 Å². The van der Waals surface area contributed by atoms with Crippen LogP contribution in [0.3, 0.4) is 0 Å². The Labute approximate surface area is 118 Å². The lowest BCUT2D eigenvalue weighted by Gasteiger charge is -2.30. The van der Waals surface area contributed by atoms with Gasteiger partial charge in [-0.25, -0.2) is 0 Å². The van der Waals surface area contributed by atoms with Gasteiger partial charge in [-0.2, -0.15) is 0 Å². The van der Waals surface area contributed by atoms with E-state index in [1.807, 2.05) is 0 Å². The third-order valence-corrected chi connectivity index (χ3v) is 4.81. The Kier molecular flexibility index (Phi) is 4.54. The van der Waals surface area contributed by atoms with Gasteiger partial charge in [-0.15, -0.1) is 0 Å². The van der Waals surface area contributed by atoms with Crippen molar-refractivity contribution >= 4 is 5.91 Å². The van der Waals surface area contributed by atoms with Crippen LogP contribution < -0.4 is 5.32 Å². The second-order valence-electron chi connectivity index (χ2n) is 6.79. The number of hydrogen-bond acceptors (Lipinski definition) is 2. The lowest BCUT2D eigenvalue weighted by Crippen LogP contribution is -2.43. The van der Waals surface area contributed by atoms with Gasteiger partial charge in [-0.05, 0) is 31.1 Å². The summed E-state index contributed by atoms with van der Waals surface area (Å²) in [6.45, 7) is 9.88. The summed E-state index contributed by atoms with van der Waals surface area (Å²) < 4.78 is 0. The summed E-state index contributed by atoms with van der Waals surface area (Å²) in [5.74, 6) is 1.54. The summed E-state index contributed by atoms with van der Waals surface area (Å²) in [6, 6.07) is 0. The van der Waals surface area contributed by atoms with E-state index in [0.29, 0.717) is 17.7 Å². The monoisotopic (exact) mass is 266 g/mol. The molecule has 2 unspecified atom stereocenters. The Morgan fingerprint density at radius 1 is 1.37 bits per heavy atom. The zero-order valence-electron chi connectivity index (χ0n) is 13.0. The molecule has 0 aromatic heterocycles. The van der Waals surface area contributed by atoms with E-state index in [1.165, 1.54) is 25.7 Å². The molecule has 1 N–H and O–H groups in total. The SMILES string of the molecule is CCCCC(CC)CN1C(=O)C2(CC2)NC1C(C)C. The molecule has 110 valence electrons. The first-order valence-corrected chi connectivity index (χ1v) is 8.12. The summed E-state index contributed by atoms with van der Waals surface area (Å²) in [5, 5.41) is 3.60. The normalized spacial score (nSPS) is 26.5. The first-order valence-electron chi connectivity index (χ1n) is 8.12. The highest BCUT2D eigenvalue weighted by atomic mass is 16.2. The Morgan fingerprint density at radius 2 is 2.05 bits per heavy atom. The number of hydrogen-bond donors (Lipinski definition) is 1. The average Bonchev–Trinajstić information content (AvgIpc) is 3.11. The highest BCUT2D eigenvalue weighted by Gasteiger charge is 2.59. The maximum atomic E-state index is 12.6. The molecule has 3 heteroatoms. The van der Waals surface area contributed by atoms with E-state index < -0.39 is 0 Å². The van der Waals surface area contributed by atoms with E-state index in [2.05, 4.69) is 37.9 Å². The Hall–Kier alpha value is -0.570. The molecule has 0 bridgehead atoms. The fourth-order valence-corrected chi connectivity index (χ4v) is 3.23. The molecular formula is C16H30N2O. The molecule has 1 aliphatic heterocycles. The second-order valence-corrected chi connectivity index (χ2v) is 6.79. The maximum Gasteiger partial charge on any atom is 0.244 e. The smallest absolute Gasteiger partial charge is 0.244 e. The molecule has 1 heterocycles. The zero-order chi connectivity index (χ0) is 14.0. The highest BCUT2D eigenvalue weighted by molar-refractivity contribution is 5.91. The van der Waals surface area contributed by atoms with Gasteiger partial charge in [0.1, 0.15) is 0 Å². The lowest BCUT2D eigenvalue weighted by molar-refractivity contribution is -0.131. The first-order chi connectivity index (χ1) is 9.04. The van der Waals surface area contributed by atoms with Crippen LogP contribution in [-0.2, 0) is 4.79 Å². The van der Waals surface area contributed by atoms with Gasteiger partial charge in [0.15, 0.2) is 0 Å². The van der Waals surface area contributed by atoms with Crippen LogP contribution in [0.4, 0.5) is 0 Å². The van der Waals surface area contributed by atoms with Crippen LogP contribution in [0.1, 0.15) is 66.2 Å². The minimum absolute atomic E-state index is 0.155. The molecule has 2 aliphatic rings. The molecule has 3 nitrogen and oxygen atoms in total. The van der Waals surface area contributed by atoms with Crippen LogP contribution >= 0.6 is 0 Å². The Balaban J connectivity index is 2.01. The first kappa shape index (κ1) is 14.8. The van der Waals surface area contributed by atoms with E-state index in [0.717, 1.165) is 19.4 Å². The molecule has 2 atom stereocenters. The van der Waals surface area contributed by atoms with Gasteiger partial charge in [0.25, 0.3) is 0 Å². The molecular weight excluding hydrogens is 236 g/mol. The molecule has 0 aromatic rings. The molecule has 0 radical (unpaired) electrons. The zero-order valence-corrected chi connectivity index (χ0v) is 13.0. The molecule has 2 rings (SSSR count). The van der Waals surface area contributed by atoms with Crippen LogP contribution in [-0.4, -0.2) is 29.1 Å². The van der Waals surface area contributed by atoms with Crippen LogP contribution in [0, 0.1) is 11.8 Å². The summed E-state index contributed by atoms with van der Waals surface area (Å²) >= 11 is 0. The maximum absolute atomic E-state index is 12.6. The van der Waals surface area contributed by atoms with Crippen LogP contribution in [0.25, 0.3) is 0 Å². The summed E-state index contributed by atoms with van der Waals surface area (Å²) in [5.41, 5.74) is -0.155. The lowest BCUT2D eigenvalue weighted by atomic mass is 9.98. The van der Waals surface area contributed by atoms with E-state index in [4.69, 9.17) is 0 Å². The third-order valence-electron chi connectivity index (χ3n) is 4.81. The molecule has 0 aromatic carbocycles. The van der Waals surface area contributed by atoms with Gasteiger partial charge < -0.3 is 4.90 Å². The van der Waals surface area contributed by atoms with E-state index >= 15 is 0 Å². The second kappa shape index (κ2) is 5.82. The minimum atomic E-state index is -0.155. The van der Waals surface area contributed by atoms with Crippen molar-refractivity contribution in [2.24, 2.45) is 11.8 Å². The van der Waals surface area contributed by atoms with E-state index in [1.54, 1.807) is 0 Å². The van der Waals surface area contributed by atoms with Crippen molar-refractivity contribution in [3.05, 3.63) is 0 Å². The van der Waals surface area contributed by atoms with Crippen LogP contribution in [0.2, 0.25) is 0 Å². The number of rotatable bonds is 7. The van der Waals surface area contributed by atoms with Crippen molar-refractivity contribution in [1.82, 2.24) is 10.2 Å². The summed E-state index contributed by atoms with van der Waals surface area (Å²) in [6.07, 6.45) is 7.31. The van der Waals surface area contributed by atoms with Gasteiger partial charge in [-0.3, -0.25) is 10.1 Å². The highest BCUT2D eigenvalue weighted by Crippen LogP contribution is 2.43. The fourth-order valence-electron chi connectivity index (χ4n) is 3.23. The molecule has 2 fully saturated rings. The van der Waals surface area contributed by atoms with Gasteiger partial charge >= 0.3 is 0 Å². The van der Waals surface area contributed by atoms with Crippen molar-refractivity contribution in [2.75, 3.05) is 6.54 Å². The Bertz CT molecular complexity index is 323. The summed E-state index contributed by atoms with van der Waals surface area (Å²) in [7, 11) is 0. The Morgan fingerprint density at radius 3 is 2.53 bits per heavy atom. The number of carbonyl (C=O) groups is 1. The van der Waals surface area contributed by atoms with Gasteiger partial charge in [0, 0.05) is 6.54 Å². The molecule has 1 saturated carbocycles. The number of nitrogens with zero attached hydrogens (tertiary/aromatic N) is 1. The number of nitrogens with one attached hydrogen (secondary N) is 1. The van der Waals surface area contributed by atoms with Crippen molar-refractivity contribution in [3.8, 4) is 0 Å². The molecule has 1 amide bonds. The predicted octanol–water partition coefficient (Wildman–Crippen LogP) is 3.15. The number of amides is 1. The molecule has 1 aliphatic carbocycles. The van der Waals surface area contributed by atoms with Gasteiger partial charge in [-0.1, -0.05) is 47.0 Å². The number of unbranched alkanes of at least 4 members (excludes halogenated alkanes) is 1. The largest absolute Gasteiger partial charge is 0.325 e. The molecule has 1 spiro atoms. The fraction of sp³-hybridized carbons (Fsp3) is 0.938. The molecule has 1 saturated heterocycles. The quantitative estimate of drug-likeness (QED) is 0.767. The van der Waals surface area contributed by atoms with Crippen molar-refractivity contribution < 1.29 is 4.79 Å². The summed E-state index contributed by atoms with van der Waals surface area (Å²) in [4.78, 5) is 14.7. The minimum Gasteiger partial charge on any atom is -0.325 e. The van der Waals surface area contributed by atoms with E-state index in [9.17, 15) is 4.79 Å². The average molecular weight is 266 g/mol. The van der Waals surface area contributed by atoms with Gasteiger partial charge in [0.2, 0.25) is 5.91 Å².